The van der Waals surface area contributed by atoms with E-state index < -0.39 is 0 Å². The second-order valence-electron chi connectivity index (χ2n) is 8.13. The molecular weight excluding hydrogens is 395 g/mol. The Balaban J connectivity index is 1.48. The molecule has 7 heteroatoms. The van der Waals surface area contributed by atoms with Gasteiger partial charge in [0, 0.05) is 35.9 Å². The average Bonchev–Trinajstić information content (AvgIpc) is 3.21. The lowest BCUT2D eigenvalue weighted by molar-refractivity contribution is -0.135. The number of methoxy groups -OCH3 is 1. The van der Waals surface area contributed by atoms with Crippen LogP contribution in [0.25, 0.3) is 27.7 Å². The number of H-pyrrole nitrogens is 1. The quantitative estimate of drug-likeness (QED) is 0.674. The van der Waals surface area contributed by atoms with Crippen molar-refractivity contribution >= 4 is 16.6 Å². The number of nitrogens with one attached hydrogen (secondary N) is 1. The summed E-state index contributed by atoms with van der Waals surface area (Å²) in [7, 11) is 1.59. The number of aromatic nitrogens is 2. The first-order chi connectivity index (χ1) is 15.1. The van der Waals surface area contributed by atoms with Gasteiger partial charge in [0.1, 0.15) is 17.2 Å². The number of nitriles is 1. The topological polar surface area (TPSA) is 74.2 Å². The molecule has 0 bridgehead atoms. The lowest BCUT2D eigenvalue weighted by atomic mass is 9.89. The van der Waals surface area contributed by atoms with E-state index in [-0.39, 0.29) is 11.4 Å². The van der Waals surface area contributed by atoms with Crippen LogP contribution in [0.3, 0.4) is 0 Å². The summed E-state index contributed by atoms with van der Waals surface area (Å²) >= 11 is 0. The van der Waals surface area contributed by atoms with Crippen LogP contribution in [-0.4, -0.2) is 53.8 Å². The highest BCUT2D eigenvalue weighted by atomic mass is 19.1. The van der Waals surface area contributed by atoms with Crippen LogP contribution in [-0.2, 0) is 4.74 Å². The molecule has 158 valence electrons. The second-order valence-corrected chi connectivity index (χ2v) is 8.13. The van der Waals surface area contributed by atoms with E-state index in [4.69, 9.17) is 9.47 Å². The Labute approximate surface area is 179 Å². The summed E-state index contributed by atoms with van der Waals surface area (Å²) in [4.78, 5) is 10.3. The summed E-state index contributed by atoms with van der Waals surface area (Å²) in [5.74, 6) is 0.313. The van der Waals surface area contributed by atoms with Crippen molar-refractivity contribution in [2.45, 2.75) is 18.4 Å². The Morgan fingerprint density at radius 3 is 2.84 bits per heavy atom. The van der Waals surface area contributed by atoms with Crippen LogP contribution in [0.2, 0.25) is 0 Å². The summed E-state index contributed by atoms with van der Waals surface area (Å²) in [5.41, 5.74) is 4.44. The summed E-state index contributed by atoms with van der Waals surface area (Å²) in [5, 5.41) is 10.1. The van der Waals surface area contributed by atoms with Crippen LogP contribution in [0.4, 0.5) is 4.39 Å². The van der Waals surface area contributed by atoms with Crippen LogP contribution in [0, 0.1) is 17.1 Å². The zero-order valence-electron chi connectivity index (χ0n) is 17.3. The molecule has 0 radical (unpaired) electrons. The number of aromatic amines is 1. The van der Waals surface area contributed by atoms with Gasteiger partial charge in [-0.2, -0.15) is 5.26 Å². The fourth-order valence-corrected chi connectivity index (χ4v) is 4.55. The average molecular weight is 418 g/mol. The first-order valence-electron chi connectivity index (χ1n) is 10.3. The molecule has 5 rings (SSSR count). The Morgan fingerprint density at radius 1 is 1.29 bits per heavy atom. The van der Waals surface area contributed by atoms with E-state index in [2.05, 4.69) is 33.1 Å². The zero-order valence-corrected chi connectivity index (χ0v) is 17.3. The second kappa shape index (κ2) is 7.80. The molecule has 0 atom stereocenters. The molecule has 0 unspecified atom stereocenters. The van der Waals surface area contributed by atoms with Gasteiger partial charge in [0.15, 0.2) is 0 Å². The fourth-order valence-electron chi connectivity index (χ4n) is 4.55. The predicted molar refractivity (Wildman–Crippen MR) is 116 cm³/mol. The number of ether oxygens (including phenoxy) is 2. The summed E-state index contributed by atoms with van der Waals surface area (Å²) in [6.45, 7) is 2.91. The Hall–Kier alpha value is -3.21. The minimum absolute atomic E-state index is 0.139. The standard InChI is InChI=1S/C24H23FN4O2/c1-30-22-3-2-17(25)12-19(22)18-4-9-27-23-20(18)13-21(28-23)16-5-10-29(11-6-16)24(7-8-26)14-31-15-24/h2-5,9,12-13H,6-7,10-11,14-15H2,1H3,(H,27,28). The number of hydrogen-bond acceptors (Lipinski definition) is 5. The van der Waals surface area contributed by atoms with Gasteiger partial charge in [-0.25, -0.2) is 9.37 Å². The van der Waals surface area contributed by atoms with Gasteiger partial charge in [-0.1, -0.05) is 6.08 Å². The smallest absolute Gasteiger partial charge is 0.138 e. The maximum absolute atomic E-state index is 14.0. The maximum atomic E-state index is 14.0. The highest BCUT2D eigenvalue weighted by Gasteiger charge is 2.44. The molecule has 6 nitrogen and oxygen atoms in total. The number of pyridine rings is 1. The molecule has 31 heavy (non-hydrogen) atoms. The molecule has 1 fully saturated rings. The van der Waals surface area contributed by atoms with Crippen LogP contribution < -0.4 is 4.74 Å². The maximum Gasteiger partial charge on any atom is 0.138 e. The third-order valence-electron chi connectivity index (χ3n) is 6.36. The molecule has 3 aromatic rings. The molecule has 0 amide bonds. The van der Waals surface area contributed by atoms with E-state index in [9.17, 15) is 9.65 Å². The van der Waals surface area contributed by atoms with Crippen molar-refractivity contribution in [3.05, 3.63) is 54.1 Å². The number of rotatable bonds is 5. The number of hydrogen-bond donors (Lipinski definition) is 1. The van der Waals surface area contributed by atoms with E-state index in [1.165, 1.54) is 17.7 Å². The first-order valence-corrected chi connectivity index (χ1v) is 10.3. The van der Waals surface area contributed by atoms with Gasteiger partial charge in [-0.15, -0.1) is 0 Å². The molecular formula is C24H23FN4O2. The molecule has 0 saturated carbocycles. The number of fused-ring (bicyclic) bond motifs is 1. The lowest BCUT2D eigenvalue weighted by Gasteiger charge is -2.49. The molecule has 2 aromatic heterocycles. The van der Waals surface area contributed by atoms with Crippen LogP contribution in [0.15, 0.2) is 42.6 Å². The normalized spacial score (nSPS) is 18.3. The highest BCUT2D eigenvalue weighted by Crippen LogP contribution is 2.37. The minimum Gasteiger partial charge on any atom is -0.496 e. The van der Waals surface area contributed by atoms with Gasteiger partial charge in [-0.3, -0.25) is 4.90 Å². The predicted octanol–water partition coefficient (Wildman–Crippen LogP) is 4.15. The van der Waals surface area contributed by atoms with E-state index in [1.807, 2.05) is 6.07 Å². The first kappa shape index (κ1) is 19.7. The summed E-state index contributed by atoms with van der Waals surface area (Å²) in [6, 6.07) is 10.8. The molecule has 2 aliphatic heterocycles. The molecule has 0 spiro atoms. The number of benzene rings is 1. The van der Waals surface area contributed by atoms with Crippen molar-refractivity contribution in [2.75, 3.05) is 33.4 Å². The van der Waals surface area contributed by atoms with Gasteiger partial charge < -0.3 is 14.5 Å². The van der Waals surface area contributed by atoms with Crippen molar-refractivity contribution < 1.29 is 13.9 Å². The third-order valence-corrected chi connectivity index (χ3v) is 6.36. The highest BCUT2D eigenvalue weighted by molar-refractivity contribution is 5.96. The van der Waals surface area contributed by atoms with Gasteiger partial charge >= 0.3 is 0 Å². The molecule has 1 aromatic carbocycles. The number of halogens is 1. The van der Waals surface area contributed by atoms with E-state index in [1.54, 1.807) is 19.4 Å². The van der Waals surface area contributed by atoms with Crippen molar-refractivity contribution in [1.82, 2.24) is 14.9 Å². The molecule has 1 saturated heterocycles. The number of nitrogens with zero attached hydrogens (tertiary/aromatic N) is 3. The van der Waals surface area contributed by atoms with E-state index in [0.717, 1.165) is 41.8 Å². The van der Waals surface area contributed by atoms with Crippen LogP contribution >= 0.6 is 0 Å². The monoisotopic (exact) mass is 418 g/mol. The molecule has 4 heterocycles. The lowest BCUT2D eigenvalue weighted by Crippen LogP contribution is -2.62. The molecule has 1 N–H and O–H groups in total. The van der Waals surface area contributed by atoms with Gasteiger partial charge in [-0.05, 0) is 47.9 Å². The summed E-state index contributed by atoms with van der Waals surface area (Å²) < 4.78 is 24.8. The van der Waals surface area contributed by atoms with E-state index in [0.29, 0.717) is 30.9 Å². The van der Waals surface area contributed by atoms with Gasteiger partial charge in [0.25, 0.3) is 0 Å². The van der Waals surface area contributed by atoms with Gasteiger partial charge in [0.05, 0.1) is 38.4 Å². The Bertz CT molecular complexity index is 1210. The van der Waals surface area contributed by atoms with Crippen molar-refractivity contribution in [3.8, 4) is 22.9 Å². The molecule has 0 aliphatic carbocycles. The van der Waals surface area contributed by atoms with Gasteiger partial charge in [0.2, 0.25) is 0 Å². The Kier molecular flexibility index (Phi) is 4.97. The SMILES string of the molecule is COc1ccc(F)cc1-c1ccnc2[nH]c(C3=CCN(C4(CC#N)COC4)CC3)cc12. The zero-order chi connectivity index (χ0) is 21.4. The molecule has 2 aliphatic rings. The van der Waals surface area contributed by atoms with Crippen molar-refractivity contribution in [3.63, 3.8) is 0 Å². The van der Waals surface area contributed by atoms with Crippen LogP contribution in [0.5, 0.6) is 5.75 Å². The van der Waals surface area contributed by atoms with Crippen molar-refractivity contribution in [1.29, 1.82) is 5.26 Å². The van der Waals surface area contributed by atoms with Crippen LogP contribution in [0.1, 0.15) is 18.5 Å². The minimum atomic E-state index is -0.308. The largest absolute Gasteiger partial charge is 0.496 e. The Morgan fingerprint density at radius 2 is 2.16 bits per heavy atom. The summed E-state index contributed by atoms with van der Waals surface area (Å²) in [6.07, 6.45) is 5.31. The van der Waals surface area contributed by atoms with E-state index >= 15 is 0 Å². The third kappa shape index (κ3) is 3.38. The van der Waals surface area contributed by atoms with Crippen molar-refractivity contribution in [2.24, 2.45) is 0 Å². The fraction of sp³-hybridized carbons (Fsp3) is 0.333.